The van der Waals surface area contributed by atoms with E-state index in [1.807, 2.05) is 0 Å². The Hall–Kier alpha value is -1.07. The third-order valence-corrected chi connectivity index (χ3v) is 3.78. The van der Waals surface area contributed by atoms with Gasteiger partial charge in [-0.25, -0.2) is 0 Å². The minimum atomic E-state index is -0.0560. The number of benzene rings is 1. The molecule has 18 heavy (non-hydrogen) atoms. The van der Waals surface area contributed by atoms with Crippen molar-refractivity contribution in [2.24, 2.45) is 0 Å². The van der Waals surface area contributed by atoms with Crippen LogP contribution < -0.4 is 0 Å². The van der Waals surface area contributed by atoms with Gasteiger partial charge in [0.25, 0.3) is 5.91 Å². The summed E-state index contributed by atoms with van der Waals surface area (Å²) in [4.78, 5) is 14.0. The molecule has 0 bridgehead atoms. The number of rotatable bonds is 2. The van der Waals surface area contributed by atoms with Gasteiger partial charge in [-0.05, 0) is 24.6 Å². The summed E-state index contributed by atoms with van der Waals surface area (Å²) in [7, 11) is 0. The highest BCUT2D eigenvalue weighted by atomic mass is 79.9. The van der Waals surface area contributed by atoms with Gasteiger partial charge in [0.1, 0.15) is 5.75 Å². The number of aromatic hydroxyl groups is 1. The van der Waals surface area contributed by atoms with E-state index in [4.69, 9.17) is 4.74 Å². The molecule has 1 aliphatic rings. The number of aryl methyl sites for hydroxylation is 1. The average Bonchev–Trinajstić information content (AvgIpc) is 2.41. The van der Waals surface area contributed by atoms with E-state index in [1.165, 1.54) is 6.07 Å². The van der Waals surface area contributed by atoms with Gasteiger partial charge in [0.2, 0.25) is 0 Å². The summed E-state index contributed by atoms with van der Waals surface area (Å²) in [6, 6.07) is 5.03. The van der Waals surface area contributed by atoms with Gasteiger partial charge >= 0.3 is 0 Å². The lowest BCUT2D eigenvalue weighted by molar-refractivity contribution is -0.00965. The first-order chi connectivity index (χ1) is 8.61. The second-order valence-electron chi connectivity index (χ2n) is 4.40. The fourth-order valence-corrected chi connectivity index (χ4v) is 2.31. The fourth-order valence-electron chi connectivity index (χ4n) is 1.92. The molecule has 5 heteroatoms. The van der Waals surface area contributed by atoms with Crippen molar-refractivity contribution in [2.75, 3.05) is 25.0 Å². The summed E-state index contributed by atoms with van der Waals surface area (Å²) < 4.78 is 5.50. The van der Waals surface area contributed by atoms with Crippen LogP contribution in [0, 0.1) is 6.92 Å². The predicted molar refractivity (Wildman–Crippen MR) is 72.3 cm³/mol. The van der Waals surface area contributed by atoms with Crippen molar-refractivity contribution in [3.05, 3.63) is 29.3 Å². The zero-order chi connectivity index (χ0) is 13.1. The fraction of sp³-hybridized carbons (Fsp3) is 0.462. The van der Waals surface area contributed by atoms with E-state index in [0.717, 1.165) is 10.9 Å². The van der Waals surface area contributed by atoms with Crippen LogP contribution in [0.25, 0.3) is 0 Å². The van der Waals surface area contributed by atoms with Crippen LogP contribution in [0.1, 0.15) is 15.9 Å². The Bertz CT molecular complexity index is 450. The molecular weight excluding hydrogens is 298 g/mol. The number of carbonyl (C=O) groups excluding carboxylic acids is 1. The molecule has 4 nitrogen and oxygen atoms in total. The Kier molecular flexibility index (Phi) is 4.24. The number of hydrogen-bond acceptors (Lipinski definition) is 3. The highest BCUT2D eigenvalue weighted by Crippen LogP contribution is 2.19. The number of morpholine rings is 1. The van der Waals surface area contributed by atoms with E-state index >= 15 is 0 Å². The normalized spacial score (nSPS) is 19.9. The molecular formula is C13H16BrNO3. The van der Waals surface area contributed by atoms with Crippen molar-refractivity contribution in [3.63, 3.8) is 0 Å². The maximum atomic E-state index is 12.3. The van der Waals surface area contributed by atoms with Crippen LogP contribution in [-0.4, -0.2) is 47.0 Å². The van der Waals surface area contributed by atoms with Crippen molar-refractivity contribution in [3.8, 4) is 5.75 Å². The molecule has 1 heterocycles. The van der Waals surface area contributed by atoms with E-state index in [1.54, 1.807) is 24.0 Å². The zero-order valence-corrected chi connectivity index (χ0v) is 11.8. The quantitative estimate of drug-likeness (QED) is 0.849. The third-order valence-electron chi connectivity index (χ3n) is 3.05. The summed E-state index contributed by atoms with van der Waals surface area (Å²) in [5, 5.41) is 10.4. The Morgan fingerprint density at radius 1 is 1.61 bits per heavy atom. The number of ether oxygens (including phenoxy) is 1. The number of carbonyl (C=O) groups is 1. The molecule has 2 rings (SSSR count). The summed E-state index contributed by atoms with van der Waals surface area (Å²) >= 11 is 3.36. The van der Waals surface area contributed by atoms with Gasteiger partial charge in [-0.3, -0.25) is 4.79 Å². The van der Waals surface area contributed by atoms with Gasteiger partial charge in [-0.1, -0.05) is 22.0 Å². The lowest BCUT2D eigenvalue weighted by Crippen LogP contribution is -2.46. The molecule has 0 radical (unpaired) electrons. The van der Waals surface area contributed by atoms with Gasteiger partial charge in [-0.15, -0.1) is 0 Å². The first kappa shape index (κ1) is 13.4. The Morgan fingerprint density at radius 3 is 3.06 bits per heavy atom. The largest absolute Gasteiger partial charge is 0.508 e. The maximum absolute atomic E-state index is 12.3. The number of phenolic OH excluding ortho intramolecular Hbond substituents is 1. The molecule has 1 fully saturated rings. The monoisotopic (exact) mass is 313 g/mol. The van der Waals surface area contributed by atoms with E-state index in [-0.39, 0.29) is 17.8 Å². The lowest BCUT2D eigenvalue weighted by Gasteiger charge is -2.32. The zero-order valence-electron chi connectivity index (χ0n) is 10.2. The lowest BCUT2D eigenvalue weighted by atomic mass is 10.1. The number of alkyl halides is 1. The SMILES string of the molecule is Cc1ccc(C(=O)N2CCOC(CBr)C2)cc1O. The Balaban J connectivity index is 2.12. The molecule has 0 aromatic heterocycles. The molecule has 1 aliphatic heterocycles. The summed E-state index contributed by atoms with van der Waals surface area (Å²) in [6.07, 6.45) is 0.0433. The van der Waals surface area contributed by atoms with Crippen LogP contribution in [-0.2, 0) is 4.74 Å². The standard InChI is InChI=1S/C13H16BrNO3/c1-9-2-3-10(6-12(9)16)13(17)15-4-5-18-11(7-14)8-15/h2-3,6,11,16H,4-5,7-8H2,1H3. The van der Waals surface area contributed by atoms with Crippen molar-refractivity contribution >= 4 is 21.8 Å². The minimum Gasteiger partial charge on any atom is -0.508 e. The first-order valence-electron chi connectivity index (χ1n) is 5.88. The summed E-state index contributed by atoms with van der Waals surface area (Å²) in [5.74, 6) is 0.103. The number of nitrogens with zero attached hydrogens (tertiary/aromatic N) is 1. The molecule has 1 aromatic rings. The van der Waals surface area contributed by atoms with Gasteiger partial charge < -0.3 is 14.7 Å². The molecule has 0 spiro atoms. The Labute approximate surface area is 115 Å². The molecule has 1 atom stereocenters. The van der Waals surface area contributed by atoms with Gasteiger partial charge in [0.15, 0.2) is 0 Å². The molecule has 0 aliphatic carbocycles. The third kappa shape index (κ3) is 2.84. The number of amides is 1. The second kappa shape index (κ2) is 5.71. The number of hydrogen-bond donors (Lipinski definition) is 1. The van der Waals surface area contributed by atoms with Crippen LogP contribution in [0.3, 0.4) is 0 Å². The Morgan fingerprint density at radius 2 is 2.39 bits per heavy atom. The summed E-state index contributed by atoms with van der Waals surface area (Å²) in [5.41, 5.74) is 1.29. The summed E-state index contributed by atoms with van der Waals surface area (Å²) in [6.45, 7) is 3.54. The molecule has 1 N–H and O–H groups in total. The maximum Gasteiger partial charge on any atom is 0.254 e. The molecule has 0 saturated carbocycles. The van der Waals surface area contributed by atoms with Crippen LogP contribution in [0.15, 0.2) is 18.2 Å². The molecule has 1 aromatic carbocycles. The first-order valence-corrected chi connectivity index (χ1v) is 7.00. The van der Waals surface area contributed by atoms with Crippen LogP contribution in [0.5, 0.6) is 5.75 Å². The highest BCUT2D eigenvalue weighted by Gasteiger charge is 2.24. The van der Waals surface area contributed by atoms with Crippen molar-refractivity contribution < 1.29 is 14.6 Å². The van der Waals surface area contributed by atoms with Crippen LogP contribution in [0.2, 0.25) is 0 Å². The van der Waals surface area contributed by atoms with Gasteiger partial charge in [-0.2, -0.15) is 0 Å². The van der Waals surface area contributed by atoms with E-state index < -0.39 is 0 Å². The van der Waals surface area contributed by atoms with Crippen LogP contribution in [0.4, 0.5) is 0 Å². The van der Waals surface area contributed by atoms with E-state index in [0.29, 0.717) is 25.3 Å². The van der Waals surface area contributed by atoms with Crippen molar-refractivity contribution in [2.45, 2.75) is 13.0 Å². The highest BCUT2D eigenvalue weighted by molar-refractivity contribution is 9.09. The molecule has 1 saturated heterocycles. The molecule has 98 valence electrons. The minimum absolute atomic E-state index is 0.0433. The smallest absolute Gasteiger partial charge is 0.254 e. The molecule has 1 amide bonds. The van der Waals surface area contributed by atoms with Gasteiger partial charge in [0.05, 0.1) is 12.7 Å². The number of phenols is 1. The van der Waals surface area contributed by atoms with Gasteiger partial charge in [0, 0.05) is 24.0 Å². The topological polar surface area (TPSA) is 49.8 Å². The van der Waals surface area contributed by atoms with E-state index in [9.17, 15) is 9.90 Å². The van der Waals surface area contributed by atoms with Crippen molar-refractivity contribution in [1.82, 2.24) is 4.90 Å². The second-order valence-corrected chi connectivity index (χ2v) is 5.05. The molecule has 1 unspecified atom stereocenters. The van der Waals surface area contributed by atoms with Crippen LogP contribution >= 0.6 is 15.9 Å². The number of halogens is 1. The van der Waals surface area contributed by atoms with Crippen molar-refractivity contribution in [1.29, 1.82) is 0 Å². The predicted octanol–water partition coefficient (Wildman–Crippen LogP) is 1.94. The van der Waals surface area contributed by atoms with E-state index in [2.05, 4.69) is 15.9 Å². The average molecular weight is 314 g/mol.